The first-order chi connectivity index (χ1) is 9.76. The number of rotatable bonds is 3. The molecule has 5 nitrogen and oxygen atoms in total. The molecule has 0 saturated carbocycles. The first-order valence-electron chi connectivity index (χ1n) is 6.16. The molecule has 0 aliphatic heterocycles. The van der Waals surface area contributed by atoms with Crippen molar-refractivity contribution >= 4 is 16.9 Å². The Hall–Kier alpha value is -2.45. The molecule has 0 amide bonds. The lowest BCUT2D eigenvalue weighted by Crippen LogP contribution is -2.08. The number of hydrogen-bond acceptors (Lipinski definition) is 5. The Balaban J connectivity index is 2.53. The molecule has 0 unspecified atom stereocenters. The second kappa shape index (κ2) is 6.64. The zero-order chi connectivity index (χ0) is 14.4. The number of hydrogen-bond donors (Lipinski definition) is 0. The molecule has 0 N–H and O–H groups in total. The van der Waals surface area contributed by atoms with Crippen molar-refractivity contribution in [2.45, 2.75) is 6.92 Å². The van der Waals surface area contributed by atoms with Crippen molar-refractivity contribution < 1.29 is 14.3 Å². The molecular weight excluding hydrogens is 256 g/mol. The van der Waals surface area contributed by atoms with E-state index in [0.29, 0.717) is 24.3 Å². The van der Waals surface area contributed by atoms with Crippen LogP contribution < -0.4 is 0 Å². The highest BCUT2D eigenvalue weighted by atomic mass is 16.5. The molecule has 0 atom stereocenters. The number of carbonyl (C=O) groups is 1. The number of methoxy groups -OCH3 is 1. The third-order valence-corrected chi connectivity index (χ3v) is 2.53. The summed E-state index contributed by atoms with van der Waals surface area (Å²) in [5.74, 6) is 5.37. The highest BCUT2D eigenvalue weighted by molar-refractivity contribution is 5.93. The largest absolute Gasteiger partial charge is 0.461 e. The number of aromatic nitrogens is 2. The highest BCUT2D eigenvalue weighted by Crippen LogP contribution is 2.17. The number of esters is 1. The van der Waals surface area contributed by atoms with Gasteiger partial charge >= 0.3 is 5.97 Å². The van der Waals surface area contributed by atoms with Crippen molar-refractivity contribution in [3.8, 4) is 11.8 Å². The van der Waals surface area contributed by atoms with E-state index in [1.54, 1.807) is 38.6 Å². The lowest BCUT2D eigenvalue weighted by atomic mass is 10.1. The molecule has 20 heavy (non-hydrogen) atoms. The Bertz CT molecular complexity index is 686. The van der Waals surface area contributed by atoms with Crippen molar-refractivity contribution in [1.29, 1.82) is 0 Å². The van der Waals surface area contributed by atoms with Gasteiger partial charge in [-0.3, -0.25) is 4.98 Å². The van der Waals surface area contributed by atoms with E-state index in [2.05, 4.69) is 21.8 Å². The molecule has 0 spiro atoms. The average molecular weight is 270 g/mol. The summed E-state index contributed by atoms with van der Waals surface area (Å²) in [6.45, 7) is 2.38. The van der Waals surface area contributed by atoms with E-state index in [1.807, 2.05) is 0 Å². The molecule has 0 aliphatic carbocycles. The van der Waals surface area contributed by atoms with Crippen LogP contribution in [0.1, 0.15) is 23.0 Å². The fourth-order valence-corrected chi connectivity index (χ4v) is 1.69. The fourth-order valence-electron chi connectivity index (χ4n) is 1.69. The monoisotopic (exact) mass is 270 g/mol. The molecular formula is C15H14N2O3. The van der Waals surface area contributed by atoms with Crippen LogP contribution in [0, 0.1) is 11.8 Å². The average Bonchev–Trinajstić information content (AvgIpc) is 2.47. The van der Waals surface area contributed by atoms with E-state index < -0.39 is 5.97 Å². The molecule has 2 aromatic heterocycles. The van der Waals surface area contributed by atoms with E-state index in [1.165, 1.54) is 0 Å². The zero-order valence-electron chi connectivity index (χ0n) is 11.3. The van der Waals surface area contributed by atoms with Gasteiger partial charge in [-0.1, -0.05) is 11.8 Å². The van der Waals surface area contributed by atoms with Crippen LogP contribution in [0.4, 0.5) is 0 Å². The lowest BCUT2D eigenvalue weighted by Gasteiger charge is -2.05. The first kappa shape index (κ1) is 14.0. The molecule has 0 radical (unpaired) electrons. The molecule has 0 aromatic carbocycles. The van der Waals surface area contributed by atoms with Crippen LogP contribution in [0.25, 0.3) is 10.9 Å². The summed E-state index contributed by atoms with van der Waals surface area (Å²) in [5, 5.41) is 0.796. The summed E-state index contributed by atoms with van der Waals surface area (Å²) in [4.78, 5) is 20.1. The van der Waals surface area contributed by atoms with Crippen LogP contribution >= 0.6 is 0 Å². The Morgan fingerprint density at radius 3 is 3.05 bits per heavy atom. The number of pyridine rings is 2. The molecule has 2 heterocycles. The van der Waals surface area contributed by atoms with Crippen molar-refractivity contribution in [3.63, 3.8) is 0 Å². The molecule has 2 rings (SSSR count). The first-order valence-corrected chi connectivity index (χ1v) is 6.16. The molecule has 2 aromatic rings. The lowest BCUT2D eigenvalue weighted by molar-refractivity contribution is 0.0520. The van der Waals surface area contributed by atoms with E-state index in [4.69, 9.17) is 9.47 Å². The maximum atomic E-state index is 11.8. The number of nitrogens with zero attached hydrogens (tertiary/aromatic N) is 2. The maximum Gasteiger partial charge on any atom is 0.356 e. The quantitative estimate of drug-likeness (QED) is 0.628. The van der Waals surface area contributed by atoms with E-state index in [9.17, 15) is 4.79 Å². The Morgan fingerprint density at radius 2 is 2.30 bits per heavy atom. The summed E-state index contributed by atoms with van der Waals surface area (Å²) in [6, 6.07) is 3.35. The number of carbonyl (C=O) groups excluding carboxylic acids is 1. The summed E-state index contributed by atoms with van der Waals surface area (Å²) >= 11 is 0. The van der Waals surface area contributed by atoms with Gasteiger partial charge in [-0.2, -0.15) is 0 Å². The van der Waals surface area contributed by atoms with Crippen molar-refractivity contribution in [3.05, 3.63) is 35.8 Å². The SMILES string of the molecule is CCOC(=O)c1cc(C#CCOC)c2cnccc2n1. The molecule has 102 valence electrons. The molecule has 0 saturated heterocycles. The van der Waals surface area contributed by atoms with Crippen molar-refractivity contribution in [2.24, 2.45) is 0 Å². The Labute approximate surface area is 116 Å². The van der Waals surface area contributed by atoms with Gasteiger partial charge in [0.05, 0.1) is 12.1 Å². The minimum absolute atomic E-state index is 0.243. The van der Waals surface area contributed by atoms with Crippen LogP contribution in [-0.4, -0.2) is 36.3 Å². The smallest absolute Gasteiger partial charge is 0.356 e. The van der Waals surface area contributed by atoms with Gasteiger partial charge in [0, 0.05) is 30.5 Å². The Morgan fingerprint density at radius 1 is 1.45 bits per heavy atom. The summed E-state index contributed by atoms with van der Waals surface area (Å²) in [6.07, 6.45) is 3.30. The van der Waals surface area contributed by atoms with Gasteiger partial charge < -0.3 is 9.47 Å². The molecule has 0 fully saturated rings. The summed E-state index contributed by atoms with van der Waals surface area (Å²) < 4.78 is 9.86. The van der Waals surface area contributed by atoms with Crippen LogP contribution in [-0.2, 0) is 9.47 Å². The maximum absolute atomic E-state index is 11.8. The van der Waals surface area contributed by atoms with E-state index in [0.717, 1.165) is 5.39 Å². The van der Waals surface area contributed by atoms with Crippen LogP contribution in [0.5, 0.6) is 0 Å². The normalized spacial score (nSPS) is 9.90. The van der Waals surface area contributed by atoms with Gasteiger partial charge in [0.15, 0.2) is 0 Å². The topological polar surface area (TPSA) is 61.3 Å². The zero-order valence-corrected chi connectivity index (χ0v) is 11.3. The van der Waals surface area contributed by atoms with Crippen LogP contribution in [0.3, 0.4) is 0 Å². The second-order valence-corrected chi connectivity index (χ2v) is 3.90. The predicted octanol–water partition coefficient (Wildman–Crippen LogP) is 1.80. The van der Waals surface area contributed by atoms with Gasteiger partial charge in [0.25, 0.3) is 0 Å². The molecule has 5 heteroatoms. The van der Waals surface area contributed by atoms with Gasteiger partial charge in [-0.25, -0.2) is 9.78 Å². The number of fused-ring (bicyclic) bond motifs is 1. The molecule has 0 aliphatic rings. The Kier molecular flexibility index (Phi) is 4.64. The minimum Gasteiger partial charge on any atom is -0.461 e. The van der Waals surface area contributed by atoms with Gasteiger partial charge in [0.1, 0.15) is 12.3 Å². The summed E-state index contributed by atoms with van der Waals surface area (Å²) in [5.41, 5.74) is 1.59. The number of ether oxygens (including phenoxy) is 2. The standard InChI is InChI=1S/C15H14N2O3/c1-3-20-15(18)14-9-11(5-4-8-19-2)12-10-16-7-6-13(12)17-14/h6-7,9-10H,3,8H2,1-2H3. The van der Waals surface area contributed by atoms with Gasteiger partial charge in [-0.05, 0) is 19.1 Å². The van der Waals surface area contributed by atoms with E-state index in [-0.39, 0.29) is 5.69 Å². The van der Waals surface area contributed by atoms with Gasteiger partial charge in [-0.15, -0.1) is 0 Å². The van der Waals surface area contributed by atoms with Crippen molar-refractivity contribution in [1.82, 2.24) is 9.97 Å². The van der Waals surface area contributed by atoms with E-state index >= 15 is 0 Å². The van der Waals surface area contributed by atoms with Crippen LogP contribution in [0.2, 0.25) is 0 Å². The molecule has 0 bridgehead atoms. The second-order valence-electron chi connectivity index (χ2n) is 3.90. The van der Waals surface area contributed by atoms with Gasteiger partial charge in [0.2, 0.25) is 0 Å². The third kappa shape index (κ3) is 3.11. The summed E-state index contributed by atoms with van der Waals surface area (Å²) in [7, 11) is 1.57. The minimum atomic E-state index is -0.457. The van der Waals surface area contributed by atoms with Crippen molar-refractivity contribution in [2.75, 3.05) is 20.3 Å². The highest BCUT2D eigenvalue weighted by Gasteiger charge is 2.12. The van der Waals surface area contributed by atoms with Crippen LogP contribution in [0.15, 0.2) is 24.5 Å². The fraction of sp³-hybridized carbons (Fsp3) is 0.267. The third-order valence-electron chi connectivity index (χ3n) is 2.53. The predicted molar refractivity (Wildman–Crippen MR) is 74.2 cm³/mol.